The maximum absolute atomic E-state index is 9.73. The first kappa shape index (κ1) is 16.9. The second-order valence-corrected chi connectivity index (χ2v) is 6.57. The SMILES string of the molecule is Cc1ccc(N(c2ccc(O)cc2)c2ccccc2-c2ccccc2)cc1. The van der Waals surface area contributed by atoms with Gasteiger partial charge in [0.15, 0.2) is 0 Å². The van der Waals surface area contributed by atoms with E-state index in [9.17, 15) is 5.11 Å². The summed E-state index contributed by atoms with van der Waals surface area (Å²) in [5, 5.41) is 9.73. The number of hydrogen-bond donors (Lipinski definition) is 1. The zero-order valence-electron chi connectivity index (χ0n) is 15.2. The van der Waals surface area contributed by atoms with Crippen molar-refractivity contribution in [3.05, 3.63) is 109 Å². The lowest BCUT2D eigenvalue weighted by Gasteiger charge is -2.28. The van der Waals surface area contributed by atoms with Gasteiger partial charge in [0.2, 0.25) is 0 Å². The fourth-order valence-electron chi connectivity index (χ4n) is 3.25. The molecule has 0 aliphatic carbocycles. The second kappa shape index (κ2) is 7.38. The minimum absolute atomic E-state index is 0.263. The molecule has 0 aliphatic heterocycles. The molecule has 2 nitrogen and oxygen atoms in total. The van der Waals surface area contributed by atoms with Gasteiger partial charge in [0.1, 0.15) is 5.75 Å². The van der Waals surface area contributed by atoms with Crippen molar-refractivity contribution in [1.29, 1.82) is 0 Å². The van der Waals surface area contributed by atoms with Crippen molar-refractivity contribution >= 4 is 17.1 Å². The molecule has 0 heterocycles. The van der Waals surface area contributed by atoms with Crippen molar-refractivity contribution in [3.8, 4) is 16.9 Å². The molecule has 0 radical (unpaired) electrons. The van der Waals surface area contributed by atoms with Crippen molar-refractivity contribution in [2.45, 2.75) is 6.92 Å². The summed E-state index contributed by atoms with van der Waals surface area (Å²) in [7, 11) is 0. The average Bonchev–Trinajstić information content (AvgIpc) is 2.72. The van der Waals surface area contributed by atoms with Crippen LogP contribution in [0.2, 0.25) is 0 Å². The Labute approximate surface area is 160 Å². The molecule has 2 heteroatoms. The molecule has 4 aromatic rings. The quantitative estimate of drug-likeness (QED) is 0.435. The highest BCUT2D eigenvalue weighted by Crippen LogP contribution is 2.40. The normalized spacial score (nSPS) is 10.6. The van der Waals surface area contributed by atoms with E-state index >= 15 is 0 Å². The van der Waals surface area contributed by atoms with Gasteiger partial charge in [-0.25, -0.2) is 0 Å². The minimum Gasteiger partial charge on any atom is -0.508 e. The first-order valence-electron chi connectivity index (χ1n) is 9.03. The standard InChI is InChI=1S/C25H21NO/c1-19-11-13-21(14-12-19)26(22-15-17-23(27)18-16-22)25-10-6-5-9-24(25)20-7-3-2-4-8-20/h2-18,27H,1H3. The van der Waals surface area contributed by atoms with E-state index in [0.717, 1.165) is 22.6 Å². The molecule has 4 aromatic carbocycles. The van der Waals surface area contributed by atoms with Crippen LogP contribution in [-0.2, 0) is 0 Å². The molecule has 0 atom stereocenters. The first-order chi connectivity index (χ1) is 13.2. The van der Waals surface area contributed by atoms with E-state index in [2.05, 4.69) is 84.6 Å². The number of nitrogens with zero attached hydrogens (tertiary/aromatic N) is 1. The van der Waals surface area contributed by atoms with Gasteiger partial charge in [0.05, 0.1) is 5.69 Å². The Kier molecular flexibility index (Phi) is 4.63. The third-order valence-electron chi connectivity index (χ3n) is 4.63. The second-order valence-electron chi connectivity index (χ2n) is 6.57. The molecule has 132 valence electrons. The molecule has 0 saturated carbocycles. The Bertz CT molecular complexity index is 976. The fourth-order valence-corrected chi connectivity index (χ4v) is 3.25. The largest absolute Gasteiger partial charge is 0.508 e. The van der Waals surface area contributed by atoms with Gasteiger partial charge >= 0.3 is 0 Å². The van der Waals surface area contributed by atoms with Crippen molar-refractivity contribution in [3.63, 3.8) is 0 Å². The molecule has 0 bridgehead atoms. The van der Waals surface area contributed by atoms with Crippen LogP contribution in [0.15, 0.2) is 103 Å². The van der Waals surface area contributed by atoms with Crippen LogP contribution in [0.3, 0.4) is 0 Å². The number of aryl methyl sites for hydroxylation is 1. The van der Waals surface area contributed by atoms with Gasteiger partial charge in [-0.15, -0.1) is 0 Å². The van der Waals surface area contributed by atoms with Crippen molar-refractivity contribution in [2.24, 2.45) is 0 Å². The Morgan fingerprint density at radius 2 is 1.15 bits per heavy atom. The lowest BCUT2D eigenvalue weighted by atomic mass is 10.0. The van der Waals surface area contributed by atoms with Crippen molar-refractivity contribution in [1.82, 2.24) is 0 Å². The molecule has 1 N–H and O–H groups in total. The van der Waals surface area contributed by atoms with E-state index in [0.29, 0.717) is 0 Å². The predicted octanol–water partition coefficient (Wildman–Crippen LogP) is 6.84. The van der Waals surface area contributed by atoms with Crippen LogP contribution in [0.4, 0.5) is 17.1 Å². The highest BCUT2D eigenvalue weighted by atomic mass is 16.3. The zero-order valence-corrected chi connectivity index (χ0v) is 15.2. The molecule has 0 unspecified atom stereocenters. The highest BCUT2D eigenvalue weighted by Gasteiger charge is 2.16. The molecule has 0 aliphatic rings. The third-order valence-corrected chi connectivity index (χ3v) is 4.63. The lowest BCUT2D eigenvalue weighted by Crippen LogP contribution is -2.11. The molecular weight excluding hydrogens is 330 g/mol. The van der Waals surface area contributed by atoms with Crippen LogP contribution in [0, 0.1) is 6.92 Å². The van der Waals surface area contributed by atoms with Crippen LogP contribution in [0.1, 0.15) is 5.56 Å². The number of aromatic hydroxyl groups is 1. The van der Waals surface area contributed by atoms with E-state index in [1.807, 2.05) is 18.2 Å². The van der Waals surface area contributed by atoms with Crippen LogP contribution < -0.4 is 4.90 Å². The molecule has 0 fully saturated rings. The maximum atomic E-state index is 9.73. The highest BCUT2D eigenvalue weighted by molar-refractivity contribution is 5.88. The van der Waals surface area contributed by atoms with E-state index < -0.39 is 0 Å². The number of para-hydroxylation sites is 1. The summed E-state index contributed by atoms with van der Waals surface area (Å²) in [4.78, 5) is 2.22. The summed E-state index contributed by atoms with van der Waals surface area (Å²) in [6, 6.07) is 34.6. The minimum atomic E-state index is 0.263. The number of phenols is 1. The van der Waals surface area contributed by atoms with Gasteiger partial charge < -0.3 is 10.0 Å². The van der Waals surface area contributed by atoms with Gasteiger partial charge in [-0.1, -0.05) is 66.2 Å². The van der Waals surface area contributed by atoms with Gasteiger partial charge in [0, 0.05) is 16.9 Å². The fraction of sp³-hybridized carbons (Fsp3) is 0.0400. The van der Waals surface area contributed by atoms with Crippen LogP contribution in [0.25, 0.3) is 11.1 Å². The van der Waals surface area contributed by atoms with Crippen LogP contribution in [0.5, 0.6) is 5.75 Å². The van der Waals surface area contributed by atoms with Crippen LogP contribution >= 0.6 is 0 Å². The van der Waals surface area contributed by atoms with Crippen LogP contribution in [-0.4, -0.2) is 5.11 Å². The Morgan fingerprint density at radius 3 is 1.81 bits per heavy atom. The smallest absolute Gasteiger partial charge is 0.115 e. The Morgan fingerprint density at radius 1 is 0.593 bits per heavy atom. The number of anilines is 3. The summed E-state index contributed by atoms with van der Waals surface area (Å²) < 4.78 is 0. The average molecular weight is 351 g/mol. The molecule has 0 aromatic heterocycles. The van der Waals surface area contributed by atoms with E-state index in [-0.39, 0.29) is 5.75 Å². The number of rotatable bonds is 4. The summed E-state index contributed by atoms with van der Waals surface area (Å²) in [6.45, 7) is 2.09. The van der Waals surface area contributed by atoms with E-state index in [4.69, 9.17) is 0 Å². The summed E-state index contributed by atoms with van der Waals surface area (Å²) in [5.74, 6) is 0.263. The number of hydrogen-bond acceptors (Lipinski definition) is 2. The molecular formula is C25H21NO. The third kappa shape index (κ3) is 3.56. The summed E-state index contributed by atoms with van der Waals surface area (Å²) in [6.07, 6.45) is 0. The van der Waals surface area contributed by atoms with Gasteiger partial charge in [-0.2, -0.15) is 0 Å². The lowest BCUT2D eigenvalue weighted by molar-refractivity contribution is 0.475. The van der Waals surface area contributed by atoms with Crippen molar-refractivity contribution < 1.29 is 5.11 Å². The predicted molar refractivity (Wildman–Crippen MR) is 113 cm³/mol. The van der Waals surface area contributed by atoms with Crippen molar-refractivity contribution in [2.75, 3.05) is 4.90 Å². The molecule has 0 saturated heterocycles. The van der Waals surface area contributed by atoms with Gasteiger partial charge in [-0.05, 0) is 55.0 Å². The zero-order chi connectivity index (χ0) is 18.6. The molecule has 0 amide bonds. The molecule has 0 spiro atoms. The van der Waals surface area contributed by atoms with Gasteiger partial charge in [0.25, 0.3) is 0 Å². The molecule has 27 heavy (non-hydrogen) atoms. The topological polar surface area (TPSA) is 23.5 Å². The van der Waals surface area contributed by atoms with E-state index in [1.54, 1.807) is 12.1 Å². The number of phenolic OH excluding ortho intramolecular Hbond substituents is 1. The van der Waals surface area contributed by atoms with E-state index in [1.165, 1.54) is 11.1 Å². The summed E-state index contributed by atoms with van der Waals surface area (Å²) >= 11 is 0. The maximum Gasteiger partial charge on any atom is 0.115 e. The number of benzene rings is 4. The Hall–Kier alpha value is -3.52. The van der Waals surface area contributed by atoms with Gasteiger partial charge in [-0.3, -0.25) is 0 Å². The molecule has 4 rings (SSSR count). The Balaban J connectivity index is 1.92. The summed E-state index contributed by atoms with van der Waals surface area (Å²) in [5.41, 5.74) is 6.73. The monoisotopic (exact) mass is 351 g/mol. The first-order valence-corrected chi connectivity index (χ1v) is 9.03.